The van der Waals surface area contributed by atoms with E-state index >= 15 is 0 Å². The molecule has 2 nitrogen and oxygen atoms in total. The fourth-order valence-electron chi connectivity index (χ4n) is 2.01. The third-order valence-corrected chi connectivity index (χ3v) is 3.00. The second-order valence-electron chi connectivity index (χ2n) is 4.55. The molecule has 0 fully saturated rings. The normalized spacial score (nSPS) is 11.2. The monoisotopic (exact) mass is 246 g/mol. The van der Waals surface area contributed by atoms with Gasteiger partial charge in [-0.15, -0.1) is 0 Å². The molecule has 0 spiro atoms. The minimum absolute atomic E-state index is 0.959. The van der Waals surface area contributed by atoms with Gasteiger partial charge < -0.3 is 0 Å². The number of fused-ring (bicyclic) bond motifs is 1. The highest BCUT2D eigenvalue weighted by atomic mass is 14.7. The predicted molar refractivity (Wildman–Crippen MR) is 79.6 cm³/mol. The van der Waals surface area contributed by atoms with Gasteiger partial charge >= 0.3 is 0 Å². The zero-order chi connectivity index (χ0) is 13.1. The number of hydrogen-bond acceptors (Lipinski definition) is 2. The Morgan fingerprint density at radius 2 is 1.95 bits per heavy atom. The van der Waals surface area contributed by atoms with Crippen LogP contribution in [0.2, 0.25) is 0 Å². The molecule has 0 N–H and O–H groups in total. The van der Waals surface area contributed by atoms with Gasteiger partial charge in [0, 0.05) is 17.8 Å². The van der Waals surface area contributed by atoms with E-state index < -0.39 is 0 Å². The summed E-state index contributed by atoms with van der Waals surface area (Å²) in [4.78, 5) is 8.71. The van der Waals surface area contributed by atoms with Gasteiger partial charge in [-0.3, -0.25) is 4.98 Å². The van der Waals surface area contributed by atoms with Crippen LogP contribution in [0.3, 0.4) is 0 Å². The van der Waals surface area contributed by atoms with E-state index in [-0.39, 0.29) is 0 Å². The van der Waals surface area contributed by atoms with Crippen molar-refractivity contribution in [3.8, 4) is 0 Å². The van der Waals surface area contributed by atoms with E-state index in [0.29, 0.717) is 0 Å². The van der Waals surface area contributed by atoms with Gasteiger partial charge in [-0.05, 0) is 42.8 Å². The van der Waals surface area contributed by atoms with Crippen molar-refractivity contribution in [2.45, 2.75) is 6.92 Å². The van der Waals surface area contributed by atoms with Crippen LogP contribution >= 0.6 is 0 Å². The van der Waals surface area contributed by atoms with E-state index in [2.05, 4.69) is 41.2 Å². The van der Waals surface area contributed by atoms with Crippen LogP contribution in [0, 0.1) is 6.92 Å². The Kier molecular flexibility index (Phi) is 3.07. The number of aryl methyl sites for hydroxylation is 1. The summed E-state index contributed by atoms with van der Waals surface area (Å²) in [6.45, 7) is 2.09. The van der Waals surface area contributed by atoms with Crippen molar-refractivity contribution < 1.29 is 0 Å². The largest absolute Gasteiger partial charge is 0.264 e. The van der Waals surface area contributed by atoms with Gasteiger partial charge in [0.05, 0.1) is 11.2 Å². The van der Waals surface area contributed by atoms with E-state index in [0.717, 1.165) is 16.8 Å². The molecule has 0 saturated carbocycles. The summed E-state index contributed by atoms with van der Waals surface area (Å²) in [6, 6.07) is 14.4. The molecule has 0 bridgehead atoms. The Morgan fingerprint density at radius 1 is 1.00 bits per heavy atom. The summed E-state index contributed by atoms with van der Waals surface area (Å²) in [5, 5.41) is 1.18. The van der Waals surface area contributed by atoms with Crippen molar-refractivity contribution >= 4 is 23.1 Å². The summed E-state index contributed by atoms with van der Waals surface area (Å²) in [6.07, 6.45) is 7.64. The van der Waals surface area contributed by atoms with Gasteiger partial charge in [0.15, 0.2) is 0 Å². The molecule has 0 aliphatic rings. The van der Waals surface area contributed by atoms with Crippen LogP contribution in [0.1, 0.15) is 16.8 Å². The molecule has 0 aliphatic heterocycles. The molecule has 19 heavy (non-hydrogen) atoms. The topological polar surface area (TPSA) is 25.8 Å². The predicted octanol–water partition coefficient (Wildman–Crippen LogP) is 4.11. The van der Waals surface area contributed by atoms with Crippen molar-refractivity contribution in [3.63, 3.8) is 0 Å². The van der Waals surface area contributed by atoms with Crippen molar-refractivity contribution in [2.24, 2.45) is 0 Å². The quantitative estimate of drug-likeness (QED) is 0.680. The zero-order valence-electron chi connectivity index (χ0n) is 10.7. The lowest BCUT2D eigenvalue weighted by Crippen LogP contribution is -1.84. The number of rotatable bonds is 2. The fourth-order valence-corrected chi connectivity index (χ4v) is 2.01. The van der Waals surface area contributed by atoms with Gasteiger partial charge in [-0.2, -0.15) is 0 Å². The molecule has 3 rings (SSSR count). The van der Waals surface area contributed by atoms with Crippen LogP contribution < -0.4 is 0 Å². The molecule has 0 amide bonds. The third-order valence-electron chi connectivity index (χ3n) is 3.00. The van der Waals surface area contributed by atoms with E-state index in [9.17, 15) is 0 Å². The minimum atomic E-state index is 0.959. The molecular formula is C17H14N2. The second-order valence-corrected chi connectivity index (χ2v) is 4.55. The summed E-state index contributed by atoms with van der Waals surface area (Å²) in [5.74, 6) is 0. The maximum atomic E-state index is 4.62. The van der Waals surface area contributed by atoms with Crippen LogP contribution in [0.25, 0.3) is 23.1 Å². The number of aromatic nitrogens is 2. The number of nitrogens with zero attached hydrogens (tertiary/aromatic N) is 2. The van der Waals surface area contributed by atoms with Crippen molar-refractivity contribution in [1.82, 2.24) is 9.97 Å². The molecule has 0 radical (unpaired) electrons. The Balaban J connectivity index is 1.94. The highest BCUT2D eigenvalue weighted by molar-refractivity contribution is 5.81. The van der Waals surface area contributed by atoms with Crippen molar-refractivity contribution in [1.29, 1.82) is 0 Å². The maximum Gasteiger partial charge on any atom is 0.0709 e. The van der Waals surface area contributed by atoms with Gasteiger partial charge in [-0.1, -0.05) is 29.8 Å². The Labute approximate surface area is 112 Å². The van der Waals surface area contributed by atoms with Crippen LogP contribution in [0.4, 0.5) is 0 Å². The first-order valence-corrected chi connectivity index (χ1v) is 6.27. The molecule has 2 aromatic heterocycles. The standard InChI is InChI=1S/C17H14N2/c1-13-4-9-17-15(11-13)6-8-16(19-17)7-5-14-3-2-10-18-12-14/h2-12H,1H3/b7-5+. The number of pyridine rings is 2. The molecular weight excluding hydrogens is 232 g/mol. The first kappa shape index (κ1) is 11.6. The highest BCUT2D eigenvalue weighted by Gasteiger charge is 1.96. The SMILES string of the molecule is Cc1ccc2nc(/C=C/c3cccnc3)ccc2c1. The summed E-state index contributed by atoms with van der Waals surface area (Å²) < 4.78 is 0. The van der Waals surface area contributed by atoms with Crippen LogP contribution in [0.15, 0.2) is 54.9 Å². The van der Waals surface area contributed by atoms with E-state index in [1.165, 1.54) is 10.9 Å². The smallest absolute Gasteiger partial charge is 0.0709 e. The molecule has 92 valence electrons. The summed E-state index contributed by atoms with van der Waals surface area (Å²) >= 11 is 0. The third kappa shape index (κ3) is 2.68. The Morgan fingerprint density at radius 3 is 2.79 bits per heavy atom. The zero-order valence-corrected chi connectivity index (χ0v) is 10.7. The van der Waals surface area contributed by atoms with Crippen molar-refractivity contribution in [2.75, 3.05) is 0 Å². The lowest BCUT2D eigenvalue weighted by molar-refractivity contribution is 1.32. The first-order chi connectivity index (χ1) is 9.31. The van der Waals surface area contributed by atoms with E-state index in [1.807, 2.05) is 36.5 Å². The lowest BCUT2D eigenvalue weighted by atomic mass is 10.1. The van der Waals surface area contributed by atoms with Crippen LogP contribution in [-0.2, 0) is 0 Å². The van der Waals surface area contributed by atoms with Crippen LogP contribution in [0.5, 0.6) is 0 Å². The molecule has 2 heterocycles. The first-order valence-electron chi connectivity index (χ1n) is 6.27. The molecule has 2 heteroatoms. The molecule has 0 aliphatic carbocycles. The van der Waals surface area contributed by atoms with Gasteiger partial charge in [-0.25, -0.2) is 4.98 Å². The second kappa shape index (κ2) is 5.02. The van der Waals surface area contributed by atoms with Crippen LogP contribution in [-0.4, -0.2) is 9.97 Å². The highest BCUT2D eigenvalue weighted by Crippen LogP contribution is 2.15. The van der Waals surface area contributed by atoms with E-state index in [1.54, 1.807) is 6.20 Å². The van der Waals surface area contributed by atoms with Gasteiger partial charge in [0.2, 0.25) is 0 Å². The average Bonchev–Trinajstić information content (AvgIpc) is 2.46. The van der Waals surface area contributed by atoms with Gasteiger partial charge in [0.1, 0.15) is 0 Å². The molecule has 0 saturated heterocycles. The Bertz CT molecular complexity index is 731. The molecule has 3 aromatic rings. The van der Waals surface area contributed by atoms with E-state index in [4.69, 9.17) is 0 Å². The molecule has 1 aromatic carbocycles. The lowest BCUT2D eigenvalue weighted by Gasteiger charge is -2.00. The molecule has 0 atom stereocenters. The average molecular weight is 246 g/mol. The Hall–Kier alpha value is -2.48. The number of hydrogen-bond donors (Lipinski definition) is 0. The molecule has 0 unspecified atom stereocenters. The number of benzene rings is 1. The fraction of sp³-hybridized carbons (Fsp3) is 0.0588. The van der Waals surface area contributed by atoms with Gasteiger partial charge in [0.25, 0.3) is 0 Å². The minimum Gasteiger partial charge on any atom is -0.264 e. The van der Waals surface area contributed by atoms with Crippen molar-refractivity contribution in [3.05, 3.63) is 71.7 Å². The maximum absolute atomic E-state index is 4.62. The summed E-state index contributed by atoms with van der Waals surface area (Å²) in [7, 11) is 0. The summed E-state index contributed by atoms with van der Waals surface area (Å²) in [5.41, 5.74) is 4.32.